The van der Waals surface area contributed by atoms with Crippen molar-refractivity contribution in [2.24, 2.45) is 0 Å². The van der Waals surface area contributed by atoms with E-state index in [4.69, 9.17) is 11.6 Å². The van der Waals surface area contributed by atoms with E-state index in [1.165, 1.54) is 11.5 Å². The van der Waals surface area contributed by atoms with Crippen LogP contribution in [0, 0.1) is 6.92 Å². The lowest BCUT2D eigenvalue weighted by Gasteiger charge is -2.33. The van der Waals surface area contributed by atoms with Gasteiger partial charge < -0.3 is 14.5 Å². The molecule has 1 atom stereocenters. The predicted molar refractivity (Wildman–Crippen MR) is 106 cm³/mol. The summed E-state index contributed by atoms with van der Waals surface area (Å²) in [6.45, 7) is 4.93. The number of hydrogen-bond donors (Lipinski definition) is 1. The lowest BCUT2D eigenvalue weighted by Crippen LogP contribution is -2.41. The van der Waals surface area contributed by atoms with Gasteiger partial charge in [-0.1, -0.05) is 17.7 Å². The molecule has 0 fully saturated rings. The maximum absolute atomic E-state index is 13.2. The molecule has 0 spiro atoms. The van der Waals surface area contributed by atoms with Crippen LogP contribution >= 0.6 is 23.1 Å². The molecular formula is C18H16ClN7OS. The van der Waals surface area contributed by atoms with Crippen molar-refractivity contribution in [3.8, 4) is 10.8 Å². The van der Waals surface area contributed by atoms with E-state index in [9.17, 15) is 4.79 Å². The van der Waals surface area contributed by atoms with Crippen LogP contribution in [-0.4, -0.2) is 46.5 Å². The summed E-state index contributed by atoms with van der Waals surface area (Å²) >= 11 is 7.81. The van der Waals surface area contributed by atoms with Crippen LogP contribution in [0.2, 0.25) is 5.02 Å². The van der Waals surface area contributed by atoms with E-state index >= 15 is 0 Å². The molecule has 0 radical (unpaired) electrons. The van der Waals surface area contributed by atoms with E-state index < -0.39 is 0 Å². The number of hydrogen-bond acceptors (Lipinski definition) is 6. The topological polar surface area (TPSA) is 92.6 Å². The summed E-state index contributed by atoms with van der Waals surface area (Å²) in [6, 6.07) is 5.38. The Balaban J connectivity index is 1.49. The first-order valence-corrected chi connectivity index (χ1v) is 10.00. The number of rotatable bonds is 2. The third kappa shape index (κ3) is 2.54. The maximum Gasteiger partial charge on any atom is 0.256 e. The van der Waals surface area contributed by atoms with Crippen LogP contribution in [0.1, 0.15) is 35.0 Å². The van der Waals surface area contributed by atoms with Crippen molar-refractivity contribution < 1.29 is 4.79 Å². The van der Waals surface area contributed by atoms with Crippen molar-refractivity contribution in [3.05, 3.63) is 46.6 Å². The van der Waals surface area contributed by atoms with Gasteiger partial charge in [0, 0.05) is 24.7 Å². The molecule has 28 heavy (non-hydrogen) atoms. The Morgan fingerprint density at radius 3 is 2.93 bits per heavy atom. The van der Waals surface area contributed by atoms with Gasteiger partial charge in [0.25, 0.3) is 5.91 Å². The number of amides is 1. The minimum Gasteiger partial charge on any atom is -0.360 e. The van der Waals surface area contributed by atoms with E-state index in [0.717, 1.165) is 21.7 Å². The molecule has 142 valence electrons. The molecule has 1 aliphatic heterocycles. The minimum atomic E-state index is -0.230. The van der Waals surface area contributed by atoms with Crippen LogP contribution in [-0.2, 0) is 6.54 Å². The molecule has 5 rings (SSSR count). The highest BCUT2D eigenvalue weighted by Gasteiger charge is 2.33. The summed E-state index contributed by atoms with van der Waals surface area (Å²) in [5, 5.41) is 10.8. The second-order valence-corrected chi connectivity index (χ2v) is 7.85. The average molecular weight is 414 g/mol. The molecule has 3 aromatic heterocycles. The zero-order chi connectivity index (χ0) is 19.4. The molecule has 1 amide bonds. The van der Waals surface area contributed by atoms with Crippen molar-refractivity contribution in [3.63, 3.8) is 0 Å². The zero-order valence-electron chi connectivity index (χ0n) is 15.2. The van der Waals surface area contributed by atoms with Crippen LogP contribution in [0.3, 0.4) is 0 Å². The fraction of sp³-hybridized carbons (Fsp3) is 0.278. The number of fused-ring (bicyclic) bond motifs is 2. The van der Waals surface area contributed by atoms with Crippen molar-refractivity contribution >= 4 is 39.9 Å². The molecule has 8 nitrogen and oxygen atoms in total. The van der Waals surface area contributed by atoms with Gasteiger partial charge >= 0.3 is 0 Å². The fourth-order valence-corrected chi connectivity index (χ4v) is 4.59. The van der Waals surface area contributed by atoms with E-state index in [2.05, 4.69) is 24.5 Å². The van der Waals surface area contributed by atoms with Crippen molar-refractivity contribution in [1.82, 2.24) is 34.0 Å². The van der Waals surface area contributed by atoms with Gasteiger partial charge in [0.05, 0.1) is 22.1 Å². The van der Waals surface area contributed by atoms with Crippen molar-refractivity contribution in [2.45, 2.75) is 26.4 Å². The number of benzene rings is 1. The molecular weight excluding hydrogens is 398 g/mol. The Morgan fingerprint density at radius 2 is 2.14 bits per heavy atom. The molecule has 0 unspecified atom stereocenters. The molecule has 0 saturated heterocycles. The normalized spacial score (nSPS) is 16.5. The molecule has 1 N–H and O–H groups in total. The summed E-state index contributed by atoms with van der Waals surface area (Å²) in [6.07, 6.45) is 1.81. The van der Waals surface area contributed by atoms with Gasteiger partial charge in [-0.25, -0.2) is 4.98 Å². The molecule has 1 aromatic carbocycles. The Bertz CT molecular complexity index is 1210. The van der Waals surface area contributed by atoms with Gasteiger partial charge in [-0.2, -0.15) is 4.37 Å². The number of aromatic amines is 1. The summed E-state index contributed by atoms with van der Waals surface area (Å²) in [7, 11) is 0. The summed E-state index contributed by atoms with van der Waals surface area (Å²) in [5.74, 6) is 2.04. The van der Waals surface area contributed by atoms with E-state index in [0.29, 0.717) is 35.3 Å². The molecule has 10 heteroatoms. The lowest BCUT2D eigenvalue weighted by atomic mass is 10.1. The van der Waals surface area contributed by atoms with E-state index in [1.807, 2.05) is 36.7 Å². The molecule has 1 aliphatic rings. The maximum atomic E-state index is 13.2. The second-order valence-electron chi connectivity index (χ2n) is 6.72. The van der Waals surface area contributed by atoms with Gasteiger partial charge in [-0.3, -0.25) is 4.79 Å². The quantitative estimate of drug-likeness (QED) is 0.543. The lowest BCUT2D eigenvalue weighted by molar-refractivity contribution is 0.0639. The van der Waals surface area contributed by atoms with Crippen LogP contribution < -0.4 is 0 Å². The first-order chi connectivity index (χ1) is 13.5. The molecule has 0 bridgehead atoms. The predicted octanol–water partition coefficient (Wildman–Crippen LogP) is 3.46. The van der Waals surface area contributed by atoms with E-state index in [-0.39, 0.29) is 11.9 Å². The largest absolute Gasteiger partial charge is 0.360 e. The molecule has 4 aromatic rings. The van der Waals surface area contributed by atoms with Crippen LogP contribution in [0.5, 0.6) is 0 Å². The van der Waals surface area contributed by atoms with Gasteiger partial charge in [0.1, 0.15) is 5.82 Å². The highest BCUT2D eigenvalue weighted by molar-refractivity contribution is 7.09. The fourth-order valence-electron chi connectivity index (χ4n) is 3.62. The summed E-state index contributed by atoms with van der Waals surface area (Å²) in [4.78, 5) is 22.5. The number of carbonyl (C=O) groups is 1. The van der Waals surface area contributed by atoms with Gasteiger partial charge in [0.15, 0.2) is 16.7 Å². The Labute approximate surface area is 169 Å². The van der Waals surface area contributed by atoms with E-state index in [1.54, 1.807) is 11.0 Å². The van der Waals surface area contributed by atoms with Crippen LogP contribution in [0.25, 0.3) is 21.7 Å². The van der Waals surface area contributed by atoms with Crippen molar-refractivity contribution in [1.29, 1.82) is 0 Å². The highest BCUT2D eigenvalue weighted by Crippen LogP contribution is 2.33. The Hall–Kier alpha value is -2.78. The van der Waals surface area contributed by atoms with Gasteiger partial charge in [-0.15, -0.1) is 10.2 Å². The molecule has 0 aliphatic carbocycles. The Morgan fingerprint density at radius 1 is 1.29 bits per heavy atom. The first-order valence-electron chi connectivity index (χ1n) is 8.85. The van der Waals surface area contributed by atoms with Crippen LogP contribution in [0.4, 0.5) is 0 Å². The number of H-pyrrole nitrogens is 1. The highest BCUT2D eigenvalue weighted by atomic mass is 35.5. The standard InChI is InChI=1S/C18H16ClN7OS/c1-9-15-22-23-16(17-21-10(2)24-28-17)26(15)8-7-25(9)18(27)12-4-3-11-5-6-20-14(11)13(12)19/h3-6,9,20H,7-8H2,1-2H3/t9-/m1/s1. The second kappa shape index (κ2) is 6.39. The number of aryl methyl sites for hydroxylation is 1. The zero-order valence-corrected chi connectivity index (χ0v) is 16.8. The first kappa shape index (κ1) is 17.3. The SMILES string of the molecule is Cc1nsc(-c2nnc3n2CCN(C(=O)c2ccc4cc[nH]c4c2Cl)[C@@H]3C)n1. The number of carbonyl (C=O) groups excluding carboxylic acids is 1. The number of nitrogens with zero attached hydrogens (tertiary/aromatic N) is 6. The number of aromatic nitrogens is 6. The summed E-state index contributed by atoms with van der Waals surface area (Å²) < 4.78 is 6.24. The number of halogens is 1. The number of nitrogens with one attached hydrogen (secondary N) is 1. The van der Waals surface area contributed by atoms with Gasteiger partial charge in [0.2, 0.25) is 0 Å². The third-order valence-corrected chi connectivity index (χ3v) is 6.25. The molecule has 4 heterocycles. The smallest absolute Gasteiger partial charge is 0.256 e. The molecule has 0 saturated carbocycles. The minimum absolute atomic E-state index is 0.114. The van der Waals surface area contributed by atoms with Crippen LogP contribution in [0.15, 0.2) is 24.4 Å². The van der Waals surface area contributed by atoms with Gasteiger partial charge in [-0.05, 0) is 37.5 Å². The third-order valence-electron chi connectivity index (χ3n) is 5.06. The van der Waals surface area contributed by atoms with Crippen molar-refractivity contribution in [2.75, 3.05) is 6.54 Å². The monoisotopic (exact) mass is 413 g/mol. The average Bonchev–Trinajstić information content (AvgIpc) is 3.41. The summed E-state index contributed by atoms with van der Waals surface area (Å²) in [5.41, 5.74) is 1.26. The Kier molecular flexibility index (Phi) is 3.95.